The number of benzene rings is 1. The van der Waals surface area contributed by atoms with Gasteiger partial charge in [0.25, 0.3) is 0 Å². The quantitative estimate of drug-likeness (QED) is 0.825. The molecule has 1 N–H and O–H groups in total. The van der Waals surface area contributed by atoms with Crippen molar-refractivity contribution in [3.63, 3.8) is 0 Å². The van der Waals surface area contributed by atoms with Gasteiger partial charge < -0.3 is 10.2 Å². The molecular weight excluding hydrogens is 288 g/mol. The Kier molecular flexibility index (Phi) is 5.67. The third kappa shape index (κ3) is 3.86. The fourth-order valence-electron chi connectivity index (χ4n) is 2.72. The summed E-state index contributed by atoms with van der Waals surface area (Å²) >= 11 is 11.8. The van der Waals surface area contributed by atoms with Gasteiger partial charge in [-0.3, -0.25) is 0 Å². The lowest BCUT2D eigenvalue weighted by Gasteiger charge is -2.32. The molecule has 0 heterocycles. The third-order valence-corrected chi connectivity index (χ3v) is 4.94. The van der Waals surface area contributed by atoms with E-state index in [1.807, 2.05) is 25.2 Å². The van der Waals surface area contributed by atoms with Crippen LogP contribution in [-0.2, 0) is 0 Å². The molecule has 1 unspecified atom stereocenters. The van der Waals surface area contributed by atoms with E-state index in [1.54, 1.807) is 0 Å². The molecule has 4 heteroatoms. The highest BCUT2D eigenvalue weighted by Gasteiger charge is 2.20. The molecule has 0 saturated heterocycles. The number of nitrogens with one attached hydrogen (secondary N) is 1. The Labute approximate surface area is 132 Å². The van der Waals surface area contributed by atoms with E-state index in [-0.39, 0.29) is 6.04 Å². The Hall–Kier alpha value is -0.800. The van der Waals surface area contributed by atoms with Gasteiger partial charge in [0.05, 0.1) is 6.04 Å². The SMILES string of the molecule is CC(c1ccccc1Cl)N(C)C(=S)NC1CCCCC1. The highest BCUT2D eigenvalue weighted by molar-refractivity contribution is 7.80. The molecule has 1 aliphatic rings. The van der Waals surface area contributed by atoms with E-state index in [4.69, 9.17) is 23.8 Å². The van der Waals surface area contributed by atoms with E-state index >= 15 is 0 Å². The molecule has 20 heavy (non-hydrogen) atoms. The van der Waals surface area contributed by atoms with Crippen LogP contribution in [0.15, 0.2) is 24.3 Å². The molecule has 0 aliphatic heterocycles. The molecular formula is C16H23ClN2S. The van der Waals surface area contributed by atoms with Crippen molar-refractivity contribution in [3.05, 3.63) is 34.9 Å². The first-order valence-corrected chi connectivity index (χ1v) is 8.16. The molecule has 0 spiro atoms. The maximum Gasteiger partial charge on any atom is 0.169 e. The molecule has 1 aromatic carbocycles. The minimum atomic E-state index is 0.173. The predicted octanol–water partition coefficient (Wildman–Crippen LogP) is 4.54. The summed E-state index contributed by atoms with van der Waals surface area (Å²) in [6, 6.07) is 8.68. The Morgan fingerprint density at radius 3 is 2.60 bits per heavy atom. The lowest BCUT2D eigenvalue weighted by Crippen LogP contribution is -2.44. The van der Waals surface area contributed by atoms with Gasteiger partial charge in [-0.05, 0) is 43.6 Å². The summed E-state index contributed by atoms with van der Waals surface area (Å²) in [4.78, 5) is 2.10. The maximum absolute atomic E-state index is 6.27. The molecule has 2 rings (SSSR count). The average Bonchev–Trinajstić information content (AvgIpc) is 2.47. The van der Waals surface area contributed by atoms with Gasteiger partial charge in [0.1, 0.15) is 0 Å². The van der Waals surface area contributed by atoms with Gasteiger partial charge in [0, 0.05) is 18.1 Å². The summed E-state index contributed by atoms with van der Waals surface area (Å²) in [5.74, 6) is 0. The monoisotopic (exact) mass is 310 g/mol. The second-order valence-corrected chi connectivity index (χ2v) is 6.39. The van der Waals surface area contributed by atoms with Crippen LogP contribution in [-0.4, -0.2) is 23.1 Å². The summed E-state index contributed by atoms with van der Waals surface area (Å²) in [6.07, 6.45) is 6.44. The van der Waals surface area contributed by atoms with E-state index < -0.39 is 0 Å². The largest absolute Gasteiger partial charge is 0.360 e. The van der Waals surface area contributed by atoms with Crippen LogP contribution in [0.4, 0.5) is 0 Å². The van der Waals surface area contributed by atoms with E-state index in [0.29, 0.717) is 6.04 Å². The van der Waals surface area contributed by atoms with Crippen LogP contribution in [0, 0.1) is 0 Å². The number of thiocarbonyl (C=S) groups is 1. The van der Waals surface area contributed by atoms with Gasteiger partial charge in [-0.1, -0.05) is 49.1 Å². The van der Waals surface area contributed by atoms with E-state index in [2.05, 4.69) is 23.2 Å². The number of hydrogen-bond acceptors (Lipinski definition) is 1. The van der Waals surface area contributed by atoms with Crippen LogP contribution >= 0.6 is 23.8 Å². The second kappa shape index (κ2) is 7.28. The molecule has 0 bridgehead atoms. The van der Waals surface area contributed by atoms with Gasteiger partial charge in [-0.15, -0.1) is 0 Å². The standard InChI is InChI=1S/C16H23ClN2S/c1-12(14-10-6-7-11-15(14)17)19(2)16(20)18-13-8-4-3-5-9-13/h6-7,10-13H,3-5,8-9H2,1-2H3,(H,18,20). The summed E-state index contributed by atoms with van der Waals surface area (Å²) in [7, 11) is 2.03. The zero-order valence-corrected chi connectivity index (χ0v) is 13.8. The third-order valence-electron chi connectivity index (χ3n) is 4.19. The molecule has 2 nitrogen and oxygen atoms in total. The predicted molar refractivity (Wildman–Crippen MR) is 90.2 cm³/mol. The normalized spacial score (nSPS) is 17.6. The minimum Gasteiger partial charge on any atom is -0.360 e. The molecule has 0 radical (unpaired) electrons. The molecule has 0 amide bonds. The highest BCUT2D eigenvalue weighted by Crippen LogP contribution is 2.26. The first-order chi connectivity index (χ1) is 9.59. The Morgan fingerprint density at radius 1 is 1.30 bits per heavy atom. The van der Waals surface area contributed by atoms with Crippen molar-refractivity contribution in [2.75, 3.05) is 7.05 Å². The smallest absolute Gasteiger partial charge is 0.169 e. The zero-order valence-electron chi connectivity index (χ0n) is 12.2. The molecule has 1 saturated carbocycles. The molecule has 1 aliphatic carbocycles. The van der Waals surface area contributed by atoms with Gasteiger partial charge >= 0.3 is 0 Å². The van der Waals surface area contributed by atoms with Crippen LogP contribution in [0.5, 0.6) is 0 Å². The van der Waals surface area contributed by atoms with Crippen molar-refractivity contribution in [2.24, 2.45) is 0 Å². The van der Waals surface area contributed by atoms with E-state index in [9.17, 15) is 0 Å². The first kappa shape index (κ1) is 15.6. The Balaban J connectivity index is 1.97. The number of rotatable bonds is 3. The molecule has 1 aromatic rings. The lowest BCUT2D eigenvalue weighted by atomic mass is 9.96. The highest BCUT2D eigenvalue weighted by atomic mass is 35.5. The van der Waals surface area contributed by atoms with Crippen LogP contribution in [0.2, 0.25) is 5.02 Å². The molecule has 1 atom stereocenters. The van der Waals surface area contributed by atoms with Crippen molar-refractivity contribution in [2.45, 2.75) is 51.1 Å². The Morgan fingerprint density at radius 2 is 1.95 bits per heavy atom. The van der Waals surface area contributed by atoms with Gasteiger partial charge in [0.15, 0.2) is 5.11 Å². The Bertz CT molecular complexity index is 458. The van der Waals surface area contributed by atoms with Crippen LogP contribution in [0.3, 0.4) is 0 Å². The minimum absolute atomic E-state index is 0.173. The summed E-state index contributed by atoms with van der Waals surface area (Å²) < 4.78 is 0. The fraction of sp³-hybridized carbons (Fsp3) is 0.562. The number of halogens is 1. The first-order valence-electron chi connectivity index (χ1n) is 7.37. The van der Waals surface area contributed by atoms with E-state index in [0.717, 1.165) is 15.7 Å². The van der Waals surface area contributed by atoms with Crippen molar-refractivity contribution in [3.8, 4) is 0 Å². The summed E-state index contributed by atoms with van der Waals surface area (Å²) in [6.45, 7) is 2.13. The maximum atomic E-state index is 6.27. The second-order valence-electron chi connectivity index (χ2n) is 5.59. The van der Waals surface area contributed by atoms with Crippen LogP contribution < -0.4 is 5.32 Å². The van der Waals surface area contributed by atoms with Crippen molar-refractivity contribution in [1.82, 2.24) is 10.2 Å². The number of hydrogen-bond donors (Lipinski definition) is 1. The van der Waals surface area contributed by atoms with E-state index in [1.165, 1.54) is 32.1 Å². The van der Waals surface area contributed by atoms with Gasteiger partial charge in [0.2, 0.25) is 0 Å². The van der Waals surface area contributed by atoms with Crippen LogP contribution in [0.25, 0.3) is 0 Å². The molecule has 0 aromatic heterocycles. The molecule has 110 valence electrons. The fourth-order valence-corrected chi connectivity index (χ4v) is 3.34. The van der Waals surface area contributed by atoms with Gasteiger partial charge in [-0.25, -0.2) is 0 Å². The summed E-state index contributed by atoms with van der Waals surface area (Å²) in [5.41, 5.74) is 1.12. The average molecular weight is 311 g/mol. The lowest BCUT2D eigenvalue weighted by molar-refractivity contribution is 0.362. The van der Waals surface area contributed by atoms with Crippen LogP contribution in [0.1, 0.15) is 50.6 Å². The number of nitrogens with zero attached hydrogens (tertiary/aromatic N) is 1. The zero-order chi connectivity index (χ0) is 14.5. The van der Waals surface area contributed by atoms with Crippen molar-refractivity contribution in [1.29, 1.82) is 0 Å². The molecule has 1 fully saturated rings. The van der Waals surface area contributed by atoms with Gasteiger partial charge in [-0.2, -0.15) is 0 Å². The summed E-state index contributed by atoms with van der Waals surface area (Å²) in [5, 5.41) is 5.12. The topological polar surface area (TPSA) is 15.3 Å². The van der Waals surface area contributed by atoms with Crippen molar-refractivity contribution >= 4 is 28.9 Å². The van der Waals surface area contributed by atoms with Crippen molar-refractivity contribution < 1.29 is 0 Å².